The lowest BCUT2D eigenvalue weighted by atomic mass is 9.99. The molecule has 3 heterocycles. The highest BCUT2D eigenvalue weighted by Gasteiger charge is 2.21. The minimum Gasteiger partial charge on any atom is -0.435 e. The van der Waals surface area contributed by atoms with Gasteiger partial charge in [-0.3, -0.25) is 0 Å². The van der Waals surface area contributed by atoms with Gasteiger partial charge in [0.05, 0.1) is 11.0 Å². The Bertz CT molecular complexity index is 3590. The van der Waals surface area contributed by atoms with Gasteiger partial charge in [-0.05, 0) is 75.8 Å². The van der Waals surface area contributed by atoms with Crippen molar-refractivity contribution in [3.05, 3.63) is 200 Å². The number of fused-ring (bicyclic) bond motifs is 8. The molecule has 0 aliphatic rings. The Balaban J connectivity index is 1.05. The van der Waals surface area contributed by atoms with Crippen molar-refractivity contribution in [2.75, 3.05) is 0 Å². The first-order valence-electron chi connectivity index (χ1n) is 20.1. The lowest BCUT2D eigenvalue weighted by Gasteiger charge is -2.11. The van der Waals surface area contributed by atoms with E-state index in [2.05, 4.69) is 144 Å². The fourth-order valence-corrected chi connectivity index (χ4v) is 8.64. The topological polar surface area (TPSA) is 69.6 Å². The van der Waals surface area contributed by atoms with Crippen LogP contribution in [0.1, 0.15) is 0 Å². The third-order valence-electron chi connectivity index (χ3n) is 11.5. The van der Waals surface area contributed by atoms with Gasteiger partial charge in [0.2, 0.25) is 5.89 Å². The maximum absolute atomic E-state index is 6.65. The highest BCUT2D eigenvalue weighted by atomic mass is 16.3. The fourth-order valence-electron chi connectivity index (χ4n) is 8.64. The molecule has 0 aliphatic carbocycles. The van der Waals surface area contributed by atoms with Gasteiger partial charge in [0.15, 0.2) is 23.1 Å². The van der Waals surface area contributed by atoms with Crippen LogP contribution < -0.4 is 0 Å². The lowest BCUT2D eigenvalue weighted by molar-refractivity contribution is 0.623. The molecule has 0 bridgehead atoms. The maximum atomic E-state index is 6.65. The van der Waals surface area contributed by atoms with E-state index in [9.17, 15) is 0 Å². The van der Waals surface area contributed by atoms with Crippen LogP contribution in [0.3, 0.4) is 0 Å². The van der Waals surface area contributed by atoms with Gasteiger partial charge in [0, 0.05) is 44.1 Å². The van der Waals surface area contributed by atoms with E-state index in [1.165, 1.54) is 0 Å². The first-order chi connectivity index (χ1) is 29.7. The fraction of sp³-hybridized carbons (Fsp3) is 0. The average Bonchev–Trinajstić information content (AvgIpc) is 3.92. The van der Waals surface area contributed by atoms with Crippen LogP contribution in [0.25, 0.3) is 117 Å². The molecule has 9 aromatic carbocycles. The van der Waals surface area contributed by atoms with E-state index < -0.39 is 0 Å². The summed E-state index contributed by atoms with van der Waals surface area (Å²) < 4.78 is 9.01. The Morgan fingerprint density at radius 2 is 1.00 bits per heavy atom. The van der Waals surface area contributed by atoms with Crippen molar-refractivity contribution in [2.24, 2.45) is 0 Å². The van der Waals surface area contributed by atoms with E-state index in [4.69, 9.17) is 24.4 Å². The summed E-state index contributed by atoms with van der Waals surface area (Å²) in [6, 6.07) is 69.3. The minimum absolute atomic E-state index is 0.613. The SMILES string of the molecule is c1ccc(-c2nc(-c3cccc(-c4ccc5c6c7c(ccc8nc(-c9ccccc9)oc87)ccc6n(-c6ccccc6)c5c4)c3)nc(-c3cccc4ccccc34)n2)cc1. The van der Waals surface area contributed by atoms with E-state index in [0.29, 0.717) is 23.4 Å². The average molecular weight is 768 g/mol. The summed E-state index contributed by atoms with van der Waals surface area (Å²) in [6.45, 7) is 0. The molecule has 0 spiro atoms. The number of benzene rings is 9. The standard InChI is InChI=1S/C54H33N5O/c1-4-15-36(16-5-1)51-56-52(58-53(57-51)43-25-13-19-34-14-10-11-24-42(34)43)40-21-12-20-38(32-40)39-26-29-44-47(33-39)59(41-22-8-3-9-23-41)46-31-28-35-27-30-45-50(48(35)49(44)46)60-54(55-45)37-17-6-2-7-18-37/h1-33H. The van der Waals surface area contributed by atoms with Crippen molar-refractivity contribution < 1.29 is 4.42 Å². The van der Waals surface area contributed by atoms with E-state index in [-0.39, 0.29) is 0 Å². The molecule has 0 unspecified atom stereocenters. The third-order valence-corrected chi connectivity index (χ3v) is 11.5. The molecule has 6 nitrogen and oxygen atoms in total. The van der Waals surface area contributed by atoms with Crippen LogP contribution in [-0.2, 0) is 0 Å². The molecule has 6 heteroatoms. The normalized spacial score (nSPS) is 11.7. The molecule has 0 radical (unpaired) electrons. The summed E-state index contributed by atoms with van der Waals surface area (Å²) >= 11 is 0. The molecule has 3 aromatic heterocycles. The number of rotatable bonds is 6. The second-order valence-corrected chi connectivity index (χ2v) is 15.0. The second kappa shape index (κ2) is 13.7. The van der Waals surface area contributed by atoms with Crippen molar-refractivity contribution in [3.8, 4) is 62.4 Å². The van der Waals surface area contributed by atoms with Gasteiger partial charge in [-0.15, -0.1) is 0 Å². The quantitative estimate of drug-likeness (QED) is 0.168. The zero-order chi connectivity index (χ0) is 39.6. The summed E-state index contributed by atoms with van der Waals surface area (Å²) in [5.74, 6) is 2.50. The van der Waals surface area contributed by atoms with E-state index in [1.807, 2.05) is 60.7 Å². The van der Waals surface area contributed by atoms with Crippen molar-refractivity contribution in [1.29, 1.82) is 0 Å². The predicted molar refractivity (Wildman–Crippen MR) is 244 cm³/mol. The van der Waals surface area contributed by atoms with Gasteiger partial charge in [0.1, 0.15) is 5.52 Å². The molecule has 0 fully saturated rings. The largest absolute Gasteiger partial charge is 0.435 e. The predicted octanol–water partition coefficient (Wildman–Crippen LogP) is 13.8. The van der Waals surface area contributed by atoms with Crippen LogP contribution in [0, 0.1) is 0 Å². The van der Waals surface area contributed by atoms with Crippen molar-refractivity contribution in [2.45, 2.75) is 0 Å². The molecule has 12 rings (SSSR count). The number of oxazole rings is 1. The highest BCUT2D eigenvalue weighted by Crippen LogP contribution is 2.42. The molecule has 0 atom stereocenters. The van der Waals surface area contributed by atoms with Crippen LogP contribution in [0.4, 0.5) is 0 Å². The Labute approximate surface area is 344 Å². The summed E-state index contributed by atoms with van der Waals surface area (Å²) in [6.07, 6.45) is 0. The van der Waals surface area contributed by atoms with Gasteiger partial charge >= 0.3 is 0 Å². The van der Waals surface area contributed by atoms with Crippen LogP contribution in [0.2, 0.25) is 0 Å². The Morgan fingerprint density at radius 1 is 0.367 bits per heavy atom. The first-order valence-corrected chi connectivity index (χ1v) is 20.1. The molecule has 0 N–H and O–H groups in total. The summed E-state index contributed by atoms with van der Waals surface area (Å²) in [5.41, 5.74) is 10.8. The molecule has 280 valence electrons. The zero-order valence-electron chi connectivity index (χ0n) is 32.2. The van der Waals surface area contributed by atoms with Gasteiger partial charge < -0.3 is 8.98 Å². The minimum atomic E-state index is 0.613. The van der Waals surface area contributed by atoms with Crippen molar-refractivity contribution in [1.82, 2.24) is 24.5 Å². The number of hydrogen-bond donors (Lipinski definition) is 0. The maximum Gasteiger partial charge on any atom is 0.227 e. The Hall–Kier alpha value is -8.22. The number of aromatic nitrogens is 5. The van der Waals surface area contributed by atoms with Gasteiger partial charge in [0.25, 0.3) is 0 Å². The Kier molecular flexibility index (Phi) is 7.74. The number of nitrogens with zero attached hydrogens (tertiary/aromatic N) is 5. The molecule has 60 heavy (non-hydrogen) atoms. The van der Waals surface area contributed by atoms with Gasteiger partial charge in [-0.25, -0.2) is 19.9 Å². The van der Waals surface area contributed by atoms with Crippen molar-refractivity contribution in [3.63, 3.8) is 0 Å². The molecular weight excluding hydrogens is 735 g/mol. The Morgan fingerprint density at radius 3 is 1.83 bits per heavy atom. The smallest absolute Gasteiger partial charge is 0.227 e. The van der Waals surface area contributed by atoms with Crippen LogP contribution in [-0.4, -0.2) is 24.5 Å². The van der Waals surface area contributed by atoms with Gasteiger partial charge in [-0.1, -0.05) is 152 Å². The molecule has 0 saturated heterocycles. The highest BCUT2D eigenvalue weighted by molar-refractivity contribution is 6.27. The summed E-state index contributed by atoms with van der Waals surface area (Å²) in [4.78, 5) is 20.2. The third kappa shape index (κ3) is 5.57. The van der Waals surface area contributed by atoms with Crippen LogP contribution in [0.15, 0.2) is 205 Å². The lowest BCUT2D eigenvalue weighted by Crippen LogP contribution is -2.00. The zero-order valence-corrected chi connectivity index (χ0v) is 32.2. The van der Waals surface area contributed by atoms with E-state index >= 15 is 0 Å². The summed E-state index contributed by atoms with van der Waals surface area (Å²) in [7, 11) is 0. The molecular formula is C54H33N5O. The summed E-state index contributed by atoms with van der Waals surface area (Å²) in [5, 5.41) is 6.66. The monoisotopic (exact) mass is 767 g/mol. The molecule has 0 aliphatic heterocycles. The van der Waals surface area contributed by atoms with E-state index in [0.717, 1.165) is 93.5 Å². The van der Waals surface area contributed by atoms with Crippen LogP contribution in [0.5, 0.6) is 0 Å². The molecule has 0 saturated carbocycles. The first kappa shape index (κ1) is 33.9. The number of hydrogen-bond acceptors (Lipinski definition) is 5. The van der Waals surface area contributed by atoms with E-state index in [1.54, 1.807) is 0 Å². The second-order valence-electron chi connectivity index (χ2n) is 15.0. The van der Waals surface area contributed by atoms with Gasteiger partial charge in [-0.2, -0.15) is 0 Å². The van der Waals surface area contributed by atoms with Crippen LogP contribution >= 0.6 is 0 Å². The number of para-hydroxylation sites is 1. The molecule has 0 amide bonds. The van der Waals surface area contributed by atoms with Crippen molar-refractivity contribution >= 4 is 54.5 Å². The molecule has 12 aromatic rings.